The highest BCUT2D eigenvalue weighted by atomic mass is 15.1. The molecule has 3 N–H and O–H groups in total. The Labute approximate surface area is 104 Å². The van der Waals surface area contributed by atoms with E-state index in [1.807, 2.05) is 0 Å². The van der Waals surface area contributed by atoms with E-state index >= 15 is 0 Å². The van der Waals surface area contributed by atoms with Crippen LogP contribution >= 0.6 is 0 Å². The van der Waals surface area contributed by atoms with Gasteiger partial charge in [0.1, 0.15) is 18.0 Å². The van der Waals surface area contributed by atoms with Crippen LogP contribution in [-0.2, 0) is 0 Å². The molecule has 1 aromatic heterocycles. The minimum Gasteiger partial charge on any atom is -0.383 e. The van der Waals surface area contributed by atoms with Crippen molar-refractivity contribution >= 4 is 11.6 Å². The van der Waals surface area contributed by atoms with E-state index in [-0.39, 0.29) is 0 Å². The zero-order valence-electron chi connectivity index (χ0n) is 11.5. The molecule has 0 saturated carbocycles. The van der Waals surface area contributed by atoms with Gasteiger partial charge in [-0.05, 0) is 18.8 Å². The number of hydrogen-bond donors (Lipinski definition) is 2. The minimum atomic E-state index is 0.322. The quantitative estimate of drug-likeness (QED) is 0.824. The zero-order valence-corrected chi connectivity index (χ0v) is 11.5. The largest absolute Gasteiger partial charge is 0.383 e. The van der Waals surface area contributed by atoms with Gasteiger partial charge in [0.05, 0.1) is 0 Å². The summed E-state index contributed by atoms with van der Waals surface area (Å²) < 4.78 is 0. The normalized spacial score (nSPS) is 14.7. The smallest absolute Gasteiger partial charge is 0.135 e. The topological polar surface area (TPSA) is 63.8 Å². The van der Waals surface area contributed by atoms with Gasteiger partial charge in [0.25, 0.3) is 0 Å². The van der Waals surface area contributed by atoms with Gasteiger partial charge in [-0.15, -0.1) is 0 Å². The summed E-state index contributed by atoms with van der Waals surface area (Å²) in [4.78, 5) is 8.38. The van der Waals surface area contributed by atoms with Crippen LogP contribution < -0.4 is 11.1 Å². The highest BCUT2D eigenvalue weighted by molar-refractivity contribution is 5.56. The SMILES string of the molecule is CCC(C)C(C)Nc1ncnc(N)c1C(C)C. The molecule has 1 aromatic rings. The van der Waals surface area contributed by atoms with Crippen molar-refractivity contribution in [3.05, 3.63) is 11.9 Å². The van der Waals surface area contributed by atoms with E-state index in [0.29, 0.717) is 23.7 Å². The van der Waals surface area contributed by atoms with E-state index < -0.39 is 0 Å². The molecular formula is C13H24N4. The average molecular weight is 236 g/mol. The van der Waals surface area contributed by atoms with Crippen LogP contribution in [0.15, 0.2) is 6.33 Å². The molecule has 0 amide bonds. The number of aromatic nitrogens is 2. The number of anilines is 2. The predicted molar refractivity (Wildman–Crippen MR) is 73.1 cm³/mol. The lowest BCUT2D eigenvalue weighted by Crippen LogP contribution is -2.25. The fraction of sp³-hybridized carbons (Fsp3) is 0.692. The predicted octanol–water partition coefficient (Wildman–Crippen LogP) is 3.03. The van der Waals surface area contributed by atoms with Gasteiger partial charge in [-0.25, -0.2) is 9.97 Å². The Morgan fingerprint density at radius 2 is 1.88 bits per heavy atom. The van der Waals surface area contributed by atoms with Gasteiger partial charge in [-0.2, -0.15) is 0 Å². The summed E-state index contributed by atoms with van der Waals surface area (Å²) in [5.41, 5.74) is 6.93. The Kier molecular flexibility index (Phi) is 4.73. The molecule has 4 nitrogen and oxygen atoms in total. The number of nitrogens with two attached hydrogens (primary N) is 1. The molecule has 17 heavy (non-hydrogen) atoms. The van der Waals surface area contributed by atoms with Crippen LogP contribution in [0.1, 0.15) is 52.5 Å². The lowest BCUT2D eigenvalue weighted by atomic mass is 9.99. The van der Waals surface area contributed by atoms with Gasteiger partial charge in [0, 0.05) is 11.6 Å². The Morgan fingerprint density at radius 3 is 2.41 bits per heavy atom. The Balaban J connectivity index is 2.94. The fourth-order valence-electron chi connectivity index (χ4n) is 1.80. The van der Waals surface area contributed by atoms with Crippen molar-refractivity contribution in [1.82, 2.24) is 9.97 Å². The van der Waals surface area contributed by atoms with Crippen LogP contribution in [0.3, 0.4) is 0 Å². The molecule has 0 radical (unpaired) electrons. The summed E-state index contributed by atoms with van der Waals surface area (Å²) in [5.74, 6) is 2.38. The van der Waals surface area contributed by atoms with E-state index in [2.05, 4.69) is 49.9 Å². The van der Waals surface area contributed by atoms with Crippen LogP contribution in [0.4, 0.5) is 11.6 Å². The van der Waals surface area contributed by atoms with Crippen molar-refractivity contribution in [1.29, 1.82) is 0 Å². The first kappa shape index (κ1) is 13.7. The summed E-state index contributed by atoms with van der Waals surface area (Å²) in [6.45, 7) is 10.8. The molecule has 2 unspecified atom stereocenters. The van der Waals surface area contributed by atoms with Crippen LogP contribution in [0.2, 0.25) is 0 Å². The van der Waals surface area contributed by atoms with E-state index in [9.17, 15) is 0 Å². The maximum Gasteiger partial charge on any atom is 0.135 e. The first-order chi connectivity index (χ1) is 7.97. The number of rotatable bonds is 5. The monoisotopic (exact) mass is 236 g/mol. The second kappa shape index (κ2) is 5.84. The first-order valence-electron chi connectivity index (χ1n) is 6.34. The number of nitrogens with zero attached hydrogens (tertiary/aromatic N) is 2. The molecule has 0 saturated heterocycles. The third-order valence-corrected chi connectivity index (χ3v) is 3.35. The zero-order chi connectivity index (χ0) is 13.0. The van der Waals surface area contributed by atoms with E-state index in [1.165, 1.54) is 6.33 Å². The van der Waals surface area contributed by atoms with Gasteiger partial charge < -0.3 is 11.1 Å². The molecule has 0 aliphatic rings. The third kappa shape index (κ3) is 3.32. The maximum atomic E-state index is 5.92. The average Bonchev–Trinajstić information content (AvgIpc) is 2.27. The molecule has 0 aromatic carbocycles. The summed E-state index contributed by atoms with van der Waals surface area (Å²) >= 11 is 0. The van der Waals surface area contributed by atoms with Crippen molar-refractivity contribution in [2.24, 2.45) is 5.92 Å². The van der Waals surface area contributed by atoms with Gasteiger partial charge in [-0.1, -0.05) is 34.1 Å². The maximum absolute atomic E-state index is 5.92. The van der Waals surface area contributed by atoms with Crippen molar-refractivity contribution in [2.45, 2.75) is 53.0 Å². The van der Waals surface area contributed by atoms with Gasteiger partial charge in [0.15, 0.2) is 0 Å². The molecule has 0 bridgehead atoms. The van der Waals surface area contributed by atoms with Crippen molar-refractivity contribution in [3.63, 3.8) is 0 Å². The lowest BCUT2D eigenvalue weighted by Gasteiger charge is -2.23. The third-order valence-electron chi connectivity index (χ3n) is 3.35. The van der Waals surface area contributed by atoms with E-state index in [0.717, 1.165) is 17.8 Å². The van der Waals surface area contributed by atoms with Crippen LogP contribution in [-0.4, -0.2) is 16.0 Å². The fourth-order valence-corrected chi connectivity index (χ4v) is 1.80. The summed E-state index contributed by atoms with van der Waals surface area (Å²) in [6, 6.07) is 0.381. The molecule has 0 fully saturated rings. The van der Waals surface area contributed by atoms with E-state index in [1.54, 1.807) is 0 Å². The molecule has 96 valence electrons. The highest BCUT2D eigenvalue weighted by Crippen LogP contribution is 2.27. The Bertz CT molecular complexity index is 362. The number of nitrogen functional groups attached to an aromatic ring is 1. The second-order valence-electron chi connectivity index (χ2n) is 4.99. The van der Waals surface area contributed by atoms with Crippen molar-refractivity contribution in [3.8, 4) is 0 Å². The summed E-state index contributed by atoms with van der Waals surface area (Å²) in [7, 11) is 0. The summed E-state index contributed by atoms with van der Waals surface area (Å²) in [5, 5.41) is 3.45. The van der Waals surface area contributed by atoms with Crippen molar-refractivity contribution in [2.75, 3.05) is 11.1 Å². The minimum absolute atomic E-state index is 0.322. The van der Waals surface area contributed by atoms with Gasteiger partial charge in [0.2, 0.25) is 0 Å². The van der Waals surface area contributed by atoms with E-state index in [4.69, 9.17) is 5.73 Å². The van der Waals surface area contributed by atoms with Gasteiger partial charge in [-0.3, -0.25) is 0 Å². The summed E-state index contributed by atoms with van der Waals surface area (Å²) in [6.07, 6.45) is 2.67. The molecular weight excluding hydrogens is 212 g/mol. The van der Waals surface area contributed by atoms with Crippen LogP contribution in [0.25, 0.3) is 0 Å². The molecule has 0 spiro atoms. The molecule has 0 aliphatic carbocycles. The van der Waals surface area contributed by atoms with Crippen molar-refractivity contribution < 1.29 is 0 Å². The number of hydrogen-bond acceptors (Lipinski definition) is 4. The Morgan fingerprint density at radius 1 is 1.24 bits per heavy atom. The lowest BCUT2D eigenvalue weighted by molar-refractivity contribution is 0.493. The van der Waals surface area contributed by atoms with Crippen LogP contribution in [0.5, 0.6) is 0 Å². The van der Waals surface area contributed by atoms with Gasteiger partial charge >= 0.3 is 0 Å². The molecule has 4 heteroatoms. The molecule has 0 aliphatic heterocycles. The highest BCUT2D eigenvalue weighted by Gasteiger charge is 2.16. The molecule has 1 rings (SSSR count). The molecule has 2 atom stereocenters. The Hall–Kier alpha value is -1.32. The number of nitrogens with one attached hydrogen (secondary N) is 1. The molecule has 1 heterocycles. The first-order valence-corrected chi connectivity index (χ1v) is 6.34. The second-order valence-corrected chi connectivity index (χ2v) is 4.99. The van der Waals surface area contributed by atoms with Crippen LogP contribution in [0, 0.1) is 5.92 Å². The standard InChI is InChI=1S/C13H24N4/c1-6-9(4)10(5)17-13-11(8(2)3)12(14)15-7-16-13/h7-10H,6H2,1-5H3,(H3,14,15,16,17).